The largest absolute Gasteiger partial charge is 0.309 e. The second-order valence-corrected chi connectivity index (χ2v) is 12.9. The van der Waals surface area contributed by atoms with Crippen LogP contribution in [0.25, 0.3) is 88.5 Å². The van der Waals surface area contributed by atoms with Gasteiger partial charge in [0.25, 0.3) is 0 Å². The summed E-state index contributed by atoms with van der Waals surface area (Å²) in [5, 5.41) is 4.82. The maximum Gasteiger partial charge on any atom is 0.145 e. The summed E-state index contributed by atoms with van der Waals surface area (Å²) in [5.41, 5.74) is 13.9. The van der Waals surface area contributed by atoms with Crippen molar-refractivity contribution in [2.24, 2.45) is 0 Å². The first-order valence-electron chi connectivity index (χ1n) is 17.0. The number of para-hydroxylation sites is 1. The fourth-order valence-corrected chi connectivity index (χ4v) is 7.63. The summed E-state index contributed by atoms with van der Waals surface area (Å²) < 4.78 is 4.71. The molecule has 0 N–H and O–H groups in total. The van der Waals surface area contributed by atoms with Gasteiger partial charge in [-0.25, -0.2) is 4.98 Å². The minimum atomic E-state index is 0.959. The molecule has 10 aromatic rings. The summed E-state index contributed by atoms with van der Waals surface area (Å²) >= 11 is 0. The molecular weight excluding hydrogens is 607 g/mol. The first kappa shape index (κ1) is 28.3. The van der Waals surface area contributed by atoms with Crippen LogP contribution in [0.2, 0.25) is 0 Å². The average molecular weight is 638 g/mol. The number of hydrogen-bond donors (Lipinski definition) is 0. The van der Waals surface area contributed by atoms with Crippen LogP contribution in [0, 0.1) is 0 Å². The van der Waals surface area contributed by atoms with E-state index in [2.05, 4.69) is 185 Å². The van der Waals surface area contributed by atoms with Crippen LogP contribution in [0.4, 0.5) is 0 Å². The third-order valence-corrected chi connectivity index (χ3v) is 9.96. The van der Waals surface area contributed by atoms with E-state index in [1.165, 1.54) is 60.6 Å². The van der Waals surface area contributed by atoms with Crippen molar-refractivity contribution >= 4 is 43.7 Å². The SMILES string of the molecule is c1ccc(-c2cccc(-n3c4ccccc4c4cc(-c5ccc6c7cccnc7n(-c7cccc(-c8ccccc8)c7)c6c5)ccc43)c2)cc1. The summed E-state index contributed by atoms with van der Waals surface area (Å²) in [4.78, 5) is 4.89. The maximum atomic E-state index is 4.89. The summed E-state index contributed by atoms with van der Waals surface area (Å²) in [6.45, 7) is 0. The third-order valence-electron chi connectivity index (χ3n) is 9.96. The lowest BCUT2D eigenvalue weighted by Crippen LogP contribution is -1.96. The Hall–Kier alpha value is -6.71. The Morgan fingerprint density at radius 3 is 1.58 bits per heavy atom. The molecule has 0 aliphatic heterocycles. The molecule has 0 amide bonds. The van der Waals surface area contributed by atoms with Crippen LogP contribution in [0.15, 0.2) is 188 Å². The minimum absolute atomic E-state index is 0.959. The molecule has 0 saturated heterocycles. The van der Waals surface area contributed by atoms with Gasteiger partial charge in [0.2, 0.25) is 0 Å². The Kier molecular flexibility index (Phi) is 6.49. The molecule has 50 heavy (non-hydrogen) atoms. The van der Waals surface area contributed by atoms with Gasteiger partial charge in [0.1, 0.15) is 5.65 Å². The van der Waals surface area contributed by atoms with Crippen LogP contribution in [0.5, 0.6) is 0 Å². The molecule has 3 heteroatoms. The van der Waals surface area contributed by atoms with Crippen LogP contribution in [0.3, 0.4) is 0 Å². The summed E-state index contributed by atoms with van der Waals surface area (Å²) in [7, 11) is 0. The van der Waals surface area contributed by atoms with E-state index in [1.807, 2.05) is 12.3 Å². The lowest BCUT2D eigenvalue weighted by Gasteiger charge is -2.11. The summed E-state index contributed by atoms with van der Waals surface area (Å²) in [5.74, 6) is 0. The molecule has 10 rings (SSSR count). The minimum Gasteiger partial charge on any atom is -0.309 e. The van der Waals surface area contributed by atoms with Crippen molar-refractivity contribution in [1.29, 1.82) is 0 Å². The Morgan fingerprint density at radius 1 is 0.300 bits per heavy atom. The van der Waals surface area contributed by atoms with E-state index < -0.39 is 0 Å². The lowest BCUT2D eigenvalue weighted by atomic mass is 10.0. The Bertz CT molecular complexity index is 2860. The number of aromatic nitrogens is 3. The predicted molar refractivity (Wildman–Crippen MR) is 209 cm³/mol. The van der Waals surface area contributed by atoms with Crippen LogP contribution in [-0.4, -0.2) is 14.1 Å². The highest BCUT2D eigenvalue weighted by Crippen LogP contribution is 2.38. The van der Waals surface area contributed by atoms with Crippen molar-refractivity contribution < 1.29 is 0 Å². The monoisotopic (exact) mass is 637 g/mol. The van der Waals surface area contributed by atoms with Crippen LogP contribution >= 0.6 is 0 Å². The first-order valence-corrected chi connectivity index (χ1v) is 17.0. The molecule has 0 aliphatic carbocycles. The zero-order valence-electron chi connectivity index (χ0n) is 27.2. The van der Waals surface area contributed by atoms with Crippen molar-refractivity contribution in [3.05, 3.63) is 188 Å². The van der Waals surface area contributed by atoms with Gasteiger partial charge in [0.05, 0.1) is 16.6 Å². The van der Waals surface area contributed by atoms with Gasteiger partial charge in [0, 0.05) is 39.1 Å². The number of rotatable bonds is 5. The average Bonchev–Trinajstić information content (AvgIpc) is 3.71. The van der Waals surface area contributed by atoms with Gasteiger partial charge >= 0.3 is 0 Å². The lowest BCUT2D eigenvalue weighted by molar-refractivity contribution is 1.14. The quantitative estimate of drug-likeness (QED) is 0.184. The highest BCUT2D eigenvalue weighted by molar-refractivity contribution is 6.12. The Balaban J connectivity index is 1.14. The number of fused-ring (bicyclic) bond motifs is 6. The number of nitrogens with zero attached hydrogens (tertiary/aromatic N) is 3. The molecule has 3 heterocycles. The topological polar surface area (TPSA) is 22.8 Å². The molecule has 3 nitrogen and oxygen atoms in total. The highest BCUT2D eigenvalue weighted by Gasteiger charge is 2.17. The van der Waals surface area contributed by atoms with Gasteiger partial charge in [0.15, 0.2) is 0 Å². The second kappa shape index (κ2) is 11.5. The normalized spacial score (nSPS) is 11.6. The standard InChI is InChI=1S/C47H31N3/c1-3-12-32(13-4-1)34-16-9-18-38(28-34)49-44-22-8-7-20-40(44)43-30-36(24-26-45(43)49)37-23-25-41-42-21-11-27-48-47(42)50(46(41)31-37)39-19-10-17-35(29-39)33-14-5-2-6-15-33/h1-31H. The van der Waals surface area contributed by atoms with Gasteiger partial charge in [-0.05, 0) is 94.0 Å². The zero-order valence-corrected chi connectivity index (χ0v) is 27.2. The molecule has 0 unspecified atom stereocenters. The van der Waals surface area contributed by atoms with E-state index >= 15 is 0 Å². The fourth-order valence-electron chi connectivity index (χ4n) is 7.63. The van der Waals surface area contributed by atoms with E-state index in [0.29, 0.717) is 0 Å². The molecule has 0 aliphatic rings. The second-order valence-electron chi connectivity index (χ2n) is 12.9. The van der Waals surface area contributed by atoms with Gasteiger partial charge in [-0.2, -0.15) is 0 Å². The molecule has 0 fully saturated rings. The highest BCUT2D eigenvalue weighted by atomic mass is 15.0. The van der Waals surface area contributed by atoms with Crippen molar-refractivity contribution in [3.8, 4) is 44.8 Å². The molecule has 0 bridgehead atoms. The van der Waals surface area contributed by atoms with E-state index in [-0.39, 0.29) is 0 Å². The fraction of sp³-hybridized carbons (Fsp3) is 0. The van der Waals surface area contributed by atoms with Gasteiger partial charge in [-0.1, -0.05) is 121 Å². The van der Waals surface area contributed by atoms with Gasteiger partial charge in [-0.3, -0.25) is 4.57 Å². The molecule has 0 spiro atoms. The van der Waals surface area contributed by atoms with Crippen molar-refractivity contribution in [1.82, 2.24) is 14.1 Å². The third kappa shape index (κ3) is 4.56. The van der Waals surface area contributed by atoms with Crippen LogP contribution in [-0.2, 0) is 0 Å². The zero-order chi connectivity index (χ0) is 33.0. The molecule has 3 aromatic heterocycles. The van der Waals surface area contributed by atoms with Gasteiger partial charge in [-0.15, -0.1) is 0 Å². The smallest absolute Gasteiger partial charge is 0.145 e. The molecule has 0 radical (unpaired) electrons. The molecule has 234 valence electrons. The van der Waals surface area contributed by atoms with Crippen LogP contribution < -0.4 is 0 Å². The molecule has 0 atom stereocenters. The summed E-state index contributed by atoms with van der Waals surface area (Å²) in [6, 6.07) is 65.5. The van der Waals surface area contributed by atoms with E-state index in [1.54, 1.807) is 0 Å². The number of pyridine rings is 1. The van der Waals surface area contributed by atoms with Crippen molar-refractivity contribution in [2.45, 2.75) is 0 Å². The number of hydrogen-bond acceptors (Lipinski definition) is 1. The van der Waals surface area contributed by atoms with Crippen LogP contribution in [0.1, 0.15) is 0 Å². The molecule has 7 aromatic carbocycles. The first-order chi connectivity index (χ1) is 24.8. The molecular formula is C47H31N3. The van der Waals surface area contributed by atoms with E-state index in [9.17, 15) is 0 Å². The predicted octanol–water partition coefficient (Wildman–Crippen LogP) is 12.3. The molecule has 0 saturated carbocycles. The van der Waals surface area contributed by atoms with E-state index in [0.717, 1.165) is 27.9 Å². The maximum absolute atomic E-state index is 4.89. The van der Waals surface area contributed by atoms with Crippen molar-refractivity contribution in [2.75, 3.05) is 0 Å². The Labute approximate surface area is 290 Å². The number of benzene rings is 7. The summed E-state index contributed by atoms with van der Waals surface area (Å²) in [6.07, 6.45) is 1.89. The van der Waals surface area contributed by atoms with E-state index in [4.69, 9.17) is 4.98 Å². The Morgan fingerprint density at radius 2 is 0.840 bits per heavy atom. The van der Waals surface area contributed by atoms with Crippen molar-refractivity contribution in [3.63, 3.8) is 0 Å². The van der Waals surface area contributed by atoms with Gasteiger partial charge < -0.3 is 4.57 Å².